The average Bonchev–Trinajstić information content (AvgIpc) is 3.20. The number of anilines is 2. The Morgan fingerprint density at radius 1 is 1.12 bits per heavy atom. The van der Waals surface area contributed by atoms with Crippen LogP contribution < -0.4 is 15.0 Å². The molecule has 0 spiro atoms. The number of rotatable bonds is 5. The third-order valence-corrected chi connectivity index (χ3v) is 5.59. The van der Waals surface area contributed by atoms with E-state index in [1.54, 1.807) is 12.3 Å². The summed E-state index contributed by atoms with van der Waals surface area (Å²) >= 11 is 0. The predicted molar refractivity (Wildman–Crippen MR) is 121 cm³/mol. The van der Waals surface area contributed by atoms with Crippen LogP contribution in [0, 0.1) is 12.8 Å². The van der Waals surface area contributed by atoms with E-state index in [2.05, 4.69) is 26.9 Å². The fourth-order valence-corrected chi connectivity index (χ4v) is 3.91. The number of nitrogens with one attached hydrogen (secondary N) is 1. The standard InChI is InChI=1S/C25H24F3N3O2/c1-16-11-12-31(15-16)23-10-5-18(13-22(23)19-4-3-17(2)29-14-19)24(32)30-20-6-8-21(9-7-20)33-25(26,27)28/h3-10,13-14,16H,11-12,15H2,1-2H3,(H,30,32)/t16-/m1/s1. The summed E-state index contributed by atoms with van der Waals surface area (Å²) in [5.41, 5.74) is 4.59. The van der Waals surface area contributed by atoms with Crippen LogP contribution in [-0.2, 0) is 0 Å². The minimum absolute atomic E-state index is 0.348. The highest BCUT2D eigenvalue weighted by Crippen LogP contribution is 2.35. The highest BCUT2D eigenvalue weighted by Gasteiger charge is 2.31. The van der Waals surface area contributed by atoms with Gasteiger partial charge in [0, 0.05) is 53.0 Å². The van der Waals surface area contributed by atoms with Crippen molar-refractivity contribution >= 4 is 17.3 Å². The highest BCUT2D eigenvalue weighted by atomic mass is 19.4. The summed E-state index contributed by atoms with van der Waals surface area (Å²) in [6.07, 6.45) is -1.85. The summed E-state index contributed by atoms with van der Waals surface area (Å²) in [6, 6.07) is 14.5. The molecule has 1 aliphatic heterocycles. The number of alkyl halides is 3. The van der Waals surface area contributed by atoms with Crippen molar-refractivity contribution in [1.29, 1.82) is 0 Å². The molecule has 1 saturated heterocycles. The molecule has 2 heterocycles. The van der Waals surface area contributed by atoms with Gasteiger partial charge in [-0.25, -0.2) is 0 Å². The van der Waals surface area contributed by atoms with Gasteiger partial charge in [-0.05, 0) is 67.8 Å². The normalized spacial score (nSPS) is 16.0. The molecule has 0 radical (unpaired) electrons. The molecule has 0 bridgehead atoms. The summed E-state index contributed by atoms with van der Waals surface area (Å²) in [6.45, 7) is 6.04. The molecule has 33 heavy (non-hydrogen) atoms. The van der Waals surface area contributed by atoms with Crippen molar-refractivity contribution in [2.45, 2.75) is 26.6 Å². The zero-order valence-corrected chi connectivity index (χ0v) is 18.3. The maximum absolute atomic E-state index is 12.9. The minimum Gasteiger partial charge on any atom is -0.406 e. The van der Waals surface area contributed by atoms with Crippen LogP contribution in [0.2, 0.25) is 0 Å². The van der Waals surface area contributed by atoms with Crippen LogP contribution in [-0.4, -0.2) is 30.3 Å². The number of aryl methyl sites for hydroxylation is 1. The maximum atomic E-state index is 12.9. The van der Waals surface area contributed by atoms with E-state index in [9.17, 15) is 18.0 Å². The zero-order valence-electron chi connectivity index (χ0n) is 18.3. The number of carbonyl (C=O) groups is 1. The van der Waals surface area contributed by atoms with Gasteiger partial charge < -0.3 is 15.0 Å². The first-order valence-corrected chi connectivity index (χ1v) is 10.7. The molecular formula is C25H24F3N3O2. The number of nitrogens with zero attached hydrogens (tertiary/aromatic N) is 2. The lowest BCUT2D eigenvalue weighted by Gasteiger charge is -2.23. The maximum Gasteiger partial charge on any atom is 0.573 e. The molecular weight excluding hydrogens is 431 g/mol. The first-order chi connectivity index (χ1) is 15.7. The molecule has 5 nitrogen and oxygen atoms in total. The number of halogens is 3. The summed E-state index contributed by atoms with van der Waals surface area (Å²) in [4.78, 5) is 19.6. The van der Waals surface area contributed by atoms with E-state index in [0.29, 0.717) is 17.2 Å². The summed E-state index contributed by atoms with van der Waals surface area (Å²) in [5.74, 6) is -0.109. The summed E-state index contributed by atoms with van der Waals surface area (Å²) < 4.78 is 40.9. The first kappa shape index (κ1) is 22.6. The van der Waals surface area contributed by atoms with Crippen LogP contribution in [0.5, 0.6) is 5.75 Å². The smallest absolute Gasteiger partial charge is 0.406 e. The number of pyridine rings is 1. The Labute approximate surface area is 190 Å². The Balaban J connectivity index is 1.59. The fraction of sp³-hybridized carbons (Fsp3) is 0.280. The molecule has 4 rings (SSSR count). The van der Waals surface area contributed by atoms with Crippen molar-refractivity contribution in [2.75, 3.05) is 23.3 Å². The molecule has 0 unspecified atom stereocenters. The lowest BCUT2D eigenvalue weighted by atomic mass is 10.0. The van der Waals surface area contributed by atoms with Crippen LogP contribution in [0.25, 0.3) is 11.1 Å². The molecule has 1 atom stereocenters. The van der Waals surface area contributed by atoms with Crippen LogP contribution in [0.4, 0.5) is 24.5 Å². The summed E-state index contributed by atoms with van der Waals surface area (Å²) in [7, 11) is 0. The van der Waals surface area contributed by atoms with Gasteiger partial charge in [0.05, 0.1) is 0 Å². The molecule has 8 heteroatoms. The van der Waals surface area contributed by atoms with Crippen LogP contribution in [0.15, 0.2) is 60.8 Å². The van der Waals surface area contributed by atoms with E-state index in [4.69, 9.17) is 0 Å². The topological polar surface area (TPSA) is 54.5 Å². The van der Waals surface area contributed by atoms with Gasteiger partial charge in [-0.15, -0.1) is 13.2 Å². The van der Waals surface area contributed by atoms with Gasteiger partial charge in [-0.3, -0.25) is 9.78 Å². The van der Waals surface area contributed by atoms with Gasteiger partial charge in [-0.1, -0.05) is 13.0 Å². The molecule has 0 saturated carbocycles. The number of aromatic nitrogens is 1. The van der Waals surface area contributed by atoms with Crippen LogP contribution >= 0.6 is 0 Å². The number of amides is 1. The van der Waals surface area contributed by atoms with Gasteiger partial charge in [0.1, 0.15) is 5.75 Å². The van der Waals surface area contributed by atoms with E-state index in [1.165, 1.54) is 12.1 Å². The number of ether oxygens (including phenoxy) is 1. The van der Waals surface area contributed by atoms with Crippen molar-refractivity contribution in [3.05, 3.63) is 72.1 Å². The predicted octanol–water partition coefficient (Wildman–Crippen LogP) is 6.05. The molecule has 3 aromatic rings. The Kier molecular flexibility index (Phi) is 6.26. The Morgan fingerprint density at radius 3 is 2.48 bits per heavy atom. The Morgan fingerprint density at radius 2 is 1.88 bits per heavy atom. The number of benzene rings is 2. The van der Waals surface area contributed by atoms with Gasteiger partial charge in [-0.2, -0.15) is 0 Å². The van der Waals surface area contributed by atoms with E-state index in [1.807, 2.05) is 31.2 Å². The molecule has 1 amide bonds. The van der Waals surface area contributed by atoms with E-state index in [-0.39, 0.29) is 11.7 Å². The van der Waals surface area contributed by atoms with Gasteiger partial charge in [0.25, 0.3) is 5.91 Å². The quantitative estimate of drug-likeness (QED) is 0.509. The molecule has 2 aromatic carbocycles. The Hall–Kier alpha value is -3.55. The van der Waals surface area contributed by atoms with Crippen molar-refractivity contribution in [2.24, 2.45) is 5.92 Å². The molecule has 1 aliphatic rings. The molecule has 1 N–H and O–H groups in total. The van der Waals surface area contributed by atoms with Crippen molar-refractivity contribution in [1.82, 2.24) is 4.98 Å². The lowest BCUT2D eigenvalue weighted by molar-refractivity contribution is -0.274. The molecule has 172 valence electrons. The Bertz CT molecular complexity index is 1130. The van der Waals surface area contributed by atoms with Crippen molar-refractivity contribution in [3.8, 4) is 16.9 Å². The third-order valence-electron chi connectivity index (χ3n) is 5.59. The third kappa shape index (κ3) is 5.63. The summed E-state index contributed by atoms with van der Waals surface area (Å²) in [5, 5.41) is 2.73. The average molecular weight is 455 g/mol. The second kappa shape index (κ2) is 9.13. The fourth-order valence-electron chi connectivity index (χ4n) is 3.91. The number of carbonyl (C=O) groups excluding carboxylic acids is 1. The SMILES string of the molecule is Cc1ccc(-c2cc(C(=O)Nc3ccc(OC(F)(F)F)cc3)ccc2N2CC[C@@H](C)C2)cn1. The van der Waals surface area contributed by atoms with Gasteiger partial charge >= 0.3 is 6.36 Å². The highest BCUT2D eigenvalue weighted by molar-refractivity contribution is 6.05. The number of hydrogen-bond acceptors (Lipinski definition) is 4. The van der Waals surface area contributed by atoms with Crippen molar-refractivity contribution in [3.63, 3.8) is 0 Å². The van der Waals surface area contributed by atoms with E-state index in [0.717, 1.165) is 54.2 Å². The first-order valence-electron chi connectivity index (χ1n) is 10.7. The van der Waals surface area contributed by atoms with Crippen LogP contribution in [0.1, 0.15) is 29.4 Å². The number of hydrogen-bond donors (Lipinski definition) is 1. The van der Waals surface area contributed by atoms with E-state index >= 15 is 0 Å². The van der Waals surface area contributed by atoms with Crippen molar-refractivity contribution < 1.29 is 22.7 Å². The lowest BCUT2D eigenvalue weighted by Crippen LogP contribution is -2.20. The van der Waals surface area contributed by atoms with Crippen LogP contribution in [0.3, 0.4) is 0 Å². The van der Waals surface area contributed by atoms with Gasteiger partial charge in [0.2, 0.25) is 0 Å². The van der Waals surface area contributed by atoms with E-state index < -0.39 is 6.36 Å². The second-order valence-electron chi connectivity index (χ2n) is 8.29. The minimum atomic E-state index is -4.76. The molecule has 1 fully saturated rings. The largest absolute Gasteiger partial charge is 0.573 e. The zero-order chi connectivity index (χ0) is 23.6. The monoisotopic (exact) mass is 455 g/mol. The molecule has 0 aliphatic carbocycles. The second-order valence-corrected chi connectivity index (χ2v) is 8.29. The molecule has 1 aromatic heterocycles. The van der Waals surface area contributed by atoms with Gasteiger partial charge in [0.15, 0.2) is 0 Å².